The molecule has 0 aliphatic carbocycles. The first-order valence-electron chi connectivity index (χ1n) is 8.82. The molecule has 5 nitrogen and oxygen atoms in total. The molecule has 136 valence electrons. The van der Waals surface area contributed by atoms with Crippen LogP contribution in [0.25, 0.3) is 0 Å². The first-order valence-corrected chi connectivity index (χ1v) is 8.82. The zero-order valence-corrected chi connectivity index (χ0v) is 15.3. The second kappa shape index (κ2) is 8.15. The summed E-state index contributed by atoms with van der Waals surface area (Å²) in [4.78, 5) is 28.3. The van der Waals surface area contributed by atoms with E-state index in [1.54, 1.807) is 14.0 Å². The van der Waals surface area contributed by atoms with Gasteiger partial charge in [-0.2, -0.15) is 0 Å². The molecule has 26 heavy (non-hydrogen) atoms. The molecule has 2 aromatic rings. The molecule has 5 heteroatoms. The second-order valence-corrected chi connectivity index (χ2v) is 6.52. The van der Waals surface area contributed by atoms with E-state index in [1.807, 2.05) is 48.5 Å². The van der Waals surface area contributed by atoms with E-state index < -0.39 is 0 Å². The van der Waals surface area contributed by atoms with Crippen LogP contribution in [0, 0.1) is 0 Å². The van der Waals surface area contributed by atoms with Crippen LogP contribution in [0.3, 0.4) is 0 Å². The average molecular weight is 352 g/mol. The summed E-state index contributed by atoms with van der Waals surface area (Å²) in [5.74, 6) is 0.969. The van der Waals surface area contributed by atoms with Gasteiger partial charge in [0.1, 0.15) is 5.75 Å². The normalized spacial score (nSPS) is 14.9. The number of nitrogens with zero attached hydrogens (tertiary/aromatic N) is 2. The van der Waals surface area contributed by atoms with Crippen LogP contribution < -0.4 is 9.64 Å². The van der Waals surface area contributed by atoms with Crippen molar-refractivity contribution in [1.29, 1.82) is 0 Å². The van der Waals surface area contributed by atoms with Crippen molar-refractivity contribution >= 4 is 17.3 Å². The third-order valence-corrected chi connectivity index (χ3v) is 4.79. The second-order valence-electron chi connectivity index (χ2n) is 6.52. The number of hydrogen-bond donors (Lipinski definition) is 0. The van der Waals surface area contributed by atoms with Gasteiger partial charge in [-0.1, -0.05) is 0 Å². The van der Waals surface area contributed by atoms with Crippen LogP contribution >= 0.6 is 0 Å². The minimum Gasteiger partial charge on any atom is -0.497 e. The van der Waals surface area contributed by atoms with Crippen molar-refractivity contribution in [3.8, 4) is 5.75 Å². The lowest BCUT2D eigenvalue weighted by Gasteiger charge is -2.35. The molecule has 0 aromatic heterocycles. The number of ketones is 2. The average Bonchev–Trinajstić information content (AvgIpc) is 2.68. The molecule has 1 aliphatic heterocycles. The van der Waals surface area contributed by atoms with Crippen molar-refractivity contribution in [2.45, 2.75) is 6.92 Å². The molecule has 1 aliphatic rings. The van der Waals surface area contributed by atoms with Gasteiger partial charge in [-0.3, -0.25) is 14.5 Å². The molecule has 1 fully saturated rings. The summed E-state index contributed by atoms with van der Waals surface area (Å²) in [7, 11) is 1.62. The Kier molecular flexibility index (Phi) is 5.68. The smallest absolute Gasteiger partial charge is 0.176 e. The third-order valence-electron chi connectivity index (χ3n) is 4.79. The summed E-state index contributed by atoms with van der Waals surface area (Å²) >= 11 is 0. The molecule has 0 atom stereocenters. The van der Waals surface area contributed by atoms with Crippen LogP contribution in [0.5, 0.6) is 5.75 Å². The zero-order valence-electron chi connectivity index (χ0n) is 15.3. The minimum absolute atomic E-state index is 0.0819. The maximum Gasteiger partial charge on any atom is 0.176 e. The van der Waals surface area contributed by atoms with E-state index in [4.69, 9.17) is 4.74 Å². The van der Waals surface area contributed by atoms with Crippen LogP contribution in [0.2, 0.25) is 0 Å². The highest BCUT2D eigenvalue weighted by molar-refractivity contribution is 5.97. The van der Waals surface area contributed by atoms with Gasteiger partial charge in [-0.25, -0.2) is 0 Å². The molecule has 0 radical (unpaired) electrons. The Morgan fingerprint density at radius 2 is 1.46 bits per heavy atom. The van der Waals surface area contributed by atoms with Gasteiger partial charge in [0, 0.05) is 43.0 Å². The molecule has 0 unspecified atom stereocenters. The van der Waals surface area contributed by atoms with Crippen LogP contribution in [-0.4, -0.2) is 56.3 Å². The van der Waals surface area contributed by atoms with Crippen molar-refractivity contribution in [2.24, 2.45) is 0 Å². The number of rotatable bonds is 6. The highest BCUT2D eigenvalue weighted by atomic mass is 16.5. The summed E-state index contributed by atoms with van der Waals surface area (Å²) in [5.41, 5.74) is 2.57. The van der Waals surface area contributed by atoms with E-state index in [-0.39, 0.29) is 11.6 Å². The highest BCUT2D eigenvalue weighted by Gasteiger charge is 2.20. The van der Waals surface area contributed by atoms with E-state index in [0.29, 0.717) is 12.1 Å². The number of methoxy groups -OCH3 is 1. The van der Waals surface area contributed by atoms with Crippen molar-refractivity contribution in [1.82, 2.24) is 4.90 Å². The van der Waals surface area contributed by atoms with Crippen LogP contribution in [0.1, 0.15) is 27.6 Å². The molecule has 0 N–H and O–H groups in total. The predicted octanol–water partition coefficient (Wildman–Crippen LogP) is 2.90. The fraction of sp³-hybridized carbons (Fsp3) is 0.333. The van der Waals surface area contributed by atoms with Gasteiger partial charge in [-0.15, -0.1) is 0 Å². The SMILES string of the molecule is COc1ccc(C(=O)CN2CCN(c3ccc(C(C)=O)cc3)CC2)cc1. The number of carbonyl (C=O) groups is 2. The summed E-state index contributed by atoms with van der Waals surface area (Å²) in [6.07, 6.45) is 0. The third kappa shape index (κ3) is 4.29. The first kappa shape index (κ1) is 18.1. The topological polar surface area (TPSA) is 49.9 Å². The minimum atomic E-state index is 0.0819. The zero-order chi connectivity index (χ0) is 18.5. The van der Waals surface area contributed by atoms with Crippen molar-refractivity contribution in [3.63, 3.8) is 0 Å². The lowest BCUT2D eigenvalue weighted by molar-refractivity contribution is 0.0925. The largest absolute Gasteiger partial charge is 0.497 e. The Morgan fingerprint density at radius 3 is 2.00 bits per heavy atom. The Morgan fingerprint density at radius 1 is 0.885 bits per heavy atom. The molecule has 0 bridgehead atoms. The molecule has 1 heterocycles. The predicted molar refractivity (Wildman–Crippen MR) is 102 cm³/mol. The molecule has 0 amide bonds. The lowest BCUT2D eigenvalue weighted by atomic mass is 10.1. The summed E-state index contributed by atoms with van der Waals surface area (Å²) in [5, 5.41) is 0. The van der Waals surface area contributed by atoms with Gasteiger partial charge in [-0.05, 0) is 55.5 Å². The van der Waals surface area contributed by atoms with Gasteiger partial charge in [0.15, 0.2) is 11.6 Å². The van der Waals surface area contributed by atoms with Crippen molar-refractivity contribution in [2.75, 3.05) is 44.7 Å². The van der Waals surface area contributed by atoms with E-state index >= 15 is 0 Å². The number of anilines is 1. The molecule has 1 saturated heterocycles. The maximum absolute atomic E-state index is 12.4. The number of piperazine rings is 1. The van der Waals surface area contributed by atoms with Gasteiger partial charge in [0.2, 0.25) is 0 Å². The lowest BCUT2D eigenvalue weighted by Crippen LogP contribution is -2.48. The monoisotopic (exact) mass is 352 g/mol. The number of hydrogen-bond acceptors (Lipinski definition) is 5. The van der Waals surface area contributed by atoms with Crippen LogP contribution in [0.15, 0.2) is 48.5 Å². The first-order chi connectivity index (χ1) is 12.6. The quantitative estimate of drug-likeness (QED) is 0.748. The molecule has 3 rings (SSSR count). The molecule has 0 saturated carbocycles. The van der Waals surface area contributed by atoms with Gasteiger partial charge in [0.25, 0.3) is 0 Å². The summed E-state index contributed by atoms with van der Waals surface area (Å²) in [6.45, 7) is 5.44. The van der Waals surface area contributed by atoms with Crippen molar-refractivity contribution < 1.29 is 14.3 Å². The summed E-state index contributed by atoms with van der Waals surface area (Å²) in [6, 6.07) is 15.0. The van der Waals surface area contributed by atoms with Crippen molar-refractivity contribution in [3.05, 3.63) is 59.7 Å². The number of Topliss-reactive ketones (excluding diaryl/α,β-unsaturated/α-hetero) is 2. The Bertz CT molecular complexity index is 761. The number of benzene rings is 2. The molecule has 0 spiro atoms. The van der Waals surface area contributed by atoms with Gasteiger partial charge < -0.3 is 9.64 Å². The van der Waals surface area contributed by atoms with E-state index in [9.17, 15) is 9.59 Å². The van der Waals surface area contributed by atoms with E-state index in [2.05, 4.69) is 9.80 Å². The Hall–Kier alpha value is -2.66. The van der Waals surface area contributed by atoms with Crippen LogP contribution in [0.4, 0.5) is 5.69 Å². The Labute approximate surface area is 154 Å². The van der Waals surface area contributed by atoms with E-state index in [0.717, 1.165) is 43.2 Å². The standard InChI is InChI=1S/C21H24N2O3/c1-16(24)17-3-7-19(8-4-17)23-13-11-22(12-14-23)15-21(25)18-5-9-20(26-2)10-6-18/h3-10H,11-15H2,1-2H3. The van der Waals surface area contributed by atoms with Crippen LogP contribution in [-0.2, 0) is 0 Å². The summed E-state index contributed by atoms with van der Waals surface area (Å²) < 4.78 is 5.13. The van der Waals surface area contributed by atoms with Gasteiger partial charge in [0.05, 0.1) is 13.7 Å². The maximum atomic E-state index is 12.4. The number of ether oxygens (including phenoxy) is 1. The van der Waals surface area contributed by atoms with E-state index in [1.165, 1.54) is 0 Å². The van der Waals surface area contributed by atoms with Gasteiger partial charge >= 0.3 is 0 Å². The fourth-order valence-corrected chi connectivity index (χ4v) is 3.14. The highest BCUT2D eigenvalue weighted by Crippen LogP contribution is 2.18. The molecular weight excluding hydrogens is 328 g/mol. The molecule has 2 aromatic carbocycles. The number of carbonyl (C=O) groups excluding carboxylic acids is 2. The fourth-order valence-electron chi connectivity index (χ4n) is 3.14. The Balaban J connectivity index is 1.53. The molecular formula is C21H24N2O3.